The fraction of sp³-hybridized carbons (Fsp3) is 0.600. The second kappa shape index (κ2) is 11.1. The smallest absolute Gasteiger partial charge is 0.246 e. The zero-order valence-corrected chi connectivity index (χ0v) is 19.7. The first-order valence-corrected chi connectivity index (χ1v) is 12.0. The predicted octanol–water partition coefficient (Wildman–Crippen LogP) is 1.91. The van der Waals surface area contributed by atoms with Crippen LogP contribution in [-0.4, -0.2) is 73.9 Å². The molecule has 2 unspecified atom stereocenters. The number of carbonyl (C=O) groups excluding carboxylic acids is 2. The number of ether oxygens (including phenoxy) is 2. The van der Waals surface area contributed by atoms with Crippen molar-refractivity contribution in [1.82, 2.24) is 20.1 Å². The Morgan fingerprint density at radius 3 is 2.76 bits per heavy atom. The molecule has 1 aliphatic carbocycles. The molecule has 0 bridgehead atoms. The molecule has 0 spiro atoms. The van der Waals surface area contributed by atoms with Crippen molar-refractivity contribution in [2.45, 2.75) is 50.9 Å². The minimum absolute atomic E-state index is 0.0394. The Hall–Kier alpha value is -2.42. The molecule has 2 aromatic rings. The van der Waals surface area contributed by atoms with Crippen molar-refractivity contribution in [2.24, 2.45) is 5.92 Å². The van der Waals surface area contributed by atoms with Gasteiger partial charge in [0, 0.05) is 76.2 Å². The largest absolute Gasteiger partial charge is 0.385 e. The fourth-order valence-corrected chi connectivity index (χ4v) is 4.84. The number of fused-ring (bicyclic) bond motifs is 1. The minimum Gasteiger partial charge on any atom is -0.385 e. The molecular formula is C25H36N4O4. The molecule has 180 valence electrons. The highest BCUT2D eigenvalue weighted by molar-refractivity contribution is 5.85. The lowest BCUT2D eigenvalue weighted by molar-refractivity contribution is -0.138. The number of methoxy groups -OCH3 is 2. The third kappa shape index (κ3) is 5.93. The van der Waals surface area contributed by atoms with Crippen LogP contribution >= 0.6 is 0 Å². The summed E-state index contributed by atoms with van der Waals surface area (Å²) >= 11 is 0. The Labute approximate surface area is 195 Å². The van der Waals surface area contributed by atoms with Crippen LogP contribution in [0.5, 0.6) is 0 Å². The molecule has 2 fully saturated rings. The summed E-state index contributed by atoms with van der Waals surface area (Å²) in [6, 6.07) is 8.68. The SMILES string of the molecule is COCCCn1cc(CN(C(=O)C2CNCC(NC(=O)COC)C2)C2CC2)c2ccccc21. The Morgan fingerprint density at radius 1 is 1.18 bits per heavy atom. The zero-order chi connectivity index (χ0) is 23.2. The number of rotatable bonds is 11. The van der Waals surface area contributed by atoms with Gasteiger partial charge in [0.15, 0.2) is 0 Å². The average molecular weight is 457 g/mol. The van der Waals surface area contributed by atoms with Crippen LogP contribution in [0.1, 0.15) is 31.2 Å². The van der Waals surface area contributed by atoms with Crippen LogP contribution in [0, 0.1) is 5.92 Å². The van der Waals surface area contributed by atoms with E-state index >= 15 is 0 Å². The molecule has 4 rings (SSSR count). The third-order valence-corrected chi connectivity index (χ3v) is 6.57. The maximum atomic E-state index is 13.6. The number of para-hydroxylation sites is 1. The van der Waals surface area contributed by atoms with Crippen molar-refractivity contribution in [3.63, 3.8) is 0 Å². The Morgan fingerprint density at radius 2 is 2.00 bits per heavy atom. The molecule has 2 atom stereocenters. The third-order valence-electron chi connectivity index (χ3n) is 6.57. The number of carbonyl (C=O) groups is 2. The van der Waals surface area contributed by atoms with E-state index in [0.29, 0.717) is 32.1 Å². The highest BCUT2D eigenvalue weighted by Gasteiger charge is 2.38. The lowest BCUT2D eigenvalue weighted by atomic mass is 9.94. The van der Waals surface area contributed by atoms with Crippen LogP contribution in [0.4, 0.5) is 0 Å². The van der Waals surface area contributed by atoms with Gasteiger partial charge in [0.25, 0.3) is 0 Å². The number of aryl methyl sites for hydroxylation is 1. The van der Waals surface area contributed by atoms with Crippen molar-refractivity contribution >= 4 is 22.7 Å². The Bertz CT molecular complexity index is 955. The maximum Gasteiger partial charge on any atom is 0.246 e. The van der Waals surface area contributed by atoms with Gasteiger partial charge in [0.05, 0.1) is 5.92 Å². The number of hydrogen-bond acceptors (Lipinski definition) is 5. The number of hydrogen-bond donors (Lipinski definition) is 2. The van der Waals surface area contributed by atoms with Crippen molar-refractivity contribution in [2.75, 3.05) is 40.5 Å². The van der Waals surface area contributed by atoms with Crippen LogP contribution in [0.3, 0.4) is 0 Å². The first-order chi connectivity index (χ1) is 16.1. The minimum atomic E-state index is -0.141. The molecule has 8 heteroatoms. The molecule has 1 saturated heterocycles. The molecule has 2 amide bonds. The normalized spacial score (nSPS) is 20.7. The Kier molecular flexibility index (Phi) is 8.01. The number of aromatic nitrogens is 1. The molecule has 1 saturated carbocycles. The van der Waals surface area contributed by atoms with Crippen molar-refractivity contribution in [1.29, 1.82) is 0 Å². The standard InChI is InChI=1S/C25H36N4O4/c1-32-11-5-10-28-15-19(22-6-3-4-7-23(22)28)16-29(21-8-9-21)25(31)18-12-20(14-26-13-18)27-24(30)17-33-2/h3-4,6-7,15,18,20-21,26H,5,8-14,16-17H2,1-2H3,(H,27,30). The second-order valence-electron chi connectivity index (χ2n) is 9.20. The van der Waals surface area contributed by atoms with Crippen LogP contribution in [-0.2, 0) is 32.2 Å². The average Bonchev–Trinajstić information content (AvgIpc) is 3.60. The van der Waals surface area contributed by atoms with E-state index in [1.54, 1.807) is 7.11 Å². The van der Waals surface area contributed by atoms with E-state index < -0.39 is 0 Å². The molecule has 1 aromatic carbocycles. The van der Waals surface area contributed by atoms with Gasteiger partial charge >= 0.3 is 0 Å². The first kappa shape index (κ1) is 23.7. The molecule has 2 heterocycles. The molecule has 33 heavy (non-hydrogen) atoms. The van der Waals surface area contributed by atoms with Crippen molar-refractivity contribution in [3.05, 3.63) is 36.0 Å². The summed E-state index contributed by atoms with van der Waals surface area (Å²) in [6.45, 7) is 3.61. The van der Waals surface area contributed by atoms with Gasteiger partial charge < -0.3 is 29.6 Å². The molecule has 1 aromatic heterocycles. The van der Waals surface area contributed by atoms with E-state index in [2.05, 4.69) is 50.6 Å². The summed E-state index contributed by atoms with van der Waals surface area (Å²) in [5, 5.41) is 7.52. The van der Waals surface area contributed by atoms with Crippen molar-refractivity contribution in [3.8, 4) is 0 Å². The Balaban J connectivity index is 1.47. The molecule has 8 nitrogen and oxygen atoms in total. The maximum absolute atomic E-state index is 13.6. The van der Waals surface area contributed by atoms with Gasteiger partial charge in [-0.05, 0) is 37.3 Å². The number of nitrogens with zero attached hydrogens (tertiary/aromatic N) is 2. The van der Waals surface area contributed by atoms with E-state index in [-0.39, 0.29) is 30.4 Å². The lowest BCUT2D eigenvalue weighted by Crippen LogP contribution is -2.53. The van der Waals surface area contributed by atoms with Gasteiger partial charge in [-0.2, -0.15) is 0 Å². The fourth-order valence-electron chi connectivity index (χ4n) is 4.84. The quantitative estimate of drug-likeness (QED) is 0.505. The first-order valence-electron chi connectivity index (χ1n) is 12.0. The number of piperidine rings is 1. The molecule has 2 N–H and O–H groups in total. The lowest BCUT2D eigenvalue weighted by Gasteiger charge is -2.33. The topological polar surface area (TPSA) is 84.8 Å². The van der Waals surface area contributed by atoms with Gasteiger partial charge in [0.2, 0.25) is 11.8 Å². The zero-order valence-electron chi connectivity index (χ0n) is 19.7. The van der Waals surface area contributed by atoms with Crippen LogP contribution in [0.2, 0.25) is 0 Å². The monoisotopic (exact) mass is 456 g/mol. The molecular weight excluding hydrogens is 420 g/mol. The summed E-state index contributed by atoms with van der Waals surface area (Å²) in [5.41, 5.74) is 2.39. The van der Waals surface area contributed by atoms with Crippen LogP contribution < -0.4 is 10.6 Å². The molecule has 1 aliphatic heterocycles. The summed E-state index contributed by atoms with van der Waals surface area (Å²) < 4.78 is 12.4. The molecule has 2 aliphatic rings. The van der Waals surface area contributed by atoms with E-state index in [4.69, 9.17) is 9.47 Å². The van der Waals surface area contributed by atoms with Gasteiger partial charge in [-0.3, -0.25) is 9.59 Å². The van der Waals surface area contributed by atoms with Crippen LogP contribution in [0.15, 0.2) is 30.5 Å². The predicted molar refractivity (Wildman–Crippen MR) is 127 cm³/mol. The summed E-state index contributed by atoms with van der Waals surface area (Å²) in [4.78, 5) is 27.6. The van der Waals surface area contributed by atoms with E-state index in [0.717, 1.165) is 32.4 Å². The summed E-state index contributed by atoms with van der Waals surface area (Å²) in [5.74, 6) is -0.0908. The molecule has 0 radical (unpaired) electrons. The highest BCUT2D eigenvalue weighted by Crippen LogP contribution is 2.33. The van der Waals surface area contributed by atoms with Gasteiger partial charge in [0.1, 0.15) is 6.61 Å². The van der Waals surface area contributed by atoms with Crippen molar-refractivity contribution < 1.29 is 19.1 Å². The summed E-state index contributed by atoms with van der Waals surface area (Å²) in [6.07, 6.45) is 5.93. The number of benzene rings is 1. The van der Waals surface area contributed by atoms with Gasteiger partial charge in [-0.25, -0.2) is 0 Å². The van der Waals surface area contributed by atoms with Crippen LogP contribution in [0.25, 0.3) is 10.9 Å². The highest BCUT2D eigenvalue weighted by atomic mass is 16.5. The van der Waals surface area contributed by atoms with Gasteiger partial charge in [-0.15, -0.1) is 0 Å². The summed E-state index contributed by atoms with van der Waals surface area (Å²) in [7, 11) is 3.24. The second-order valence-corrected chi connectivity index (χ2v) is 9.20. The van der Waals surface area contributed by atoms with E-state index in [1.165, 1.54) is 23.6 Å². The number of amides is 2. The van der Waals surface area contributed by atoms with E-state index in [9.17, 15) is 9.59 Å². The van der Waals surface area contributed by atoms with E-state index in [1.807, 2.05) is 0 Å². The van der Waals surface area contributed by atoms with Gasteiger partial charge in [-0.1, -0.05) is 18.2 Å². The number of nitrogens with one attached hydrogen (secondary N) is 2.